The van der Waals surface area contributed by atoms with E-state index in [0.29, 0.717) is 11.4 Å². The van der Waals surface area contributed by atoms with Gasteiger partial charge in [0.1, 0.15) is 11.2 Å². The minimum absolute atomic E-state index is 0.305. The molecule has 148 valence electrons. The van der Waals surface area contributed by atoms with Crippen LogP contribution in [-0.2, 0) is 16.6 Å². The Morgan fingerprint density at radius 2 is 1.60 bits per heavy atom. The monoisotopic (exact) mass is 413 g/mol. The molecule has 0 saturated heterocycles. The molecule has 5 aromatic rings. The third kappa shape index (κ3) is 2.24. The molecule has 2 heterocycles. The van der Waals surface area contributed by atoms with Crippen molar-refractivity contribution in [1.29, 1.82) is 0 Å². The standard InChI is InChI=1S/C25H19NO3S/c1-15-7-10-18(11-8-15)30(27,28)26-14-17-13-22-24(19-5-3-4-6-21(19)29-22)20-12-9-16(2)25(26)23(17)20/h3-13H,14H2,1-2H3. The maximum Gasteiger partial charge on any atom is 0.264 e. The first kappa shape index (κ1) is 17.5. The summed E-state index contributed by atoms with van der Waals surface area (Å²) in [4.78, 5) is 0.312. The molecule has 0 unspecified atom stereocenters. The second-order valence-electron chi connectivity index (χ2n) is 7.99. The first-order valence-corrected chi connectivity index (χ1v) is 11.3. The average molecular weight is 413 g/mol. The van der Waals surface area contributed by atoms with Crippen LogP contribution in [0.25, 0.3) is 32.7 Å². The fraction of sp³-hybridized carbons (Fsp3) is 0.120. The van der Waals surface area contributed by atoms with Crippen molar-refractivity contribution in [2.45, 2.75) is 25.3 Å². The molecule has 0 spiro atoms. The van der Waals surface area contributed by atoms with Crippen molar-refractivity contribution >= 4 is 48.4 Å². The largest absolute Gasteiger partial charge is 0.456 e. The summed E-state index contributed by atoms with van der Waals surface area (Å²) in [7, 11) is -3.67. The van der Waals surface area contributed by atoms with Crippen LogP contribution in [-0.4, -0.2) is 8.42 Å². The van der Waals surface area contributed by atoms with E-state index in [2.05, 4.69) is 12.1 Å². The molecule has 0 atom stereocenters. The van der Waals surface area contributed by atoms with Crippen LogP contribution in [0.5, 0.6) is 0 Å². The molecule has 0 saturated carbocycles. The van der Waals surface area contributed by atoms with E-state index in [1.165, 1.54) is 0 Å². The minimum atomic E-state index is -3.67. The summed E-state index contributed by atoms with van der Waals surface area (Å²) < 4.78 is 34.8. The summed E-state index contributed by atoms with van der Waals surface area (Å²) in [6.45, 7) is 4.23. The molecular formula is C25H19NO3S. The number of fused-ring (bicyclic) bond motifs is 4. The molecule has 0 N–H and O–H groups in total. The van der Waals surface area contributed by atoms with E-state index in [0.717, 1.165) is 55.1 Å². The topological polar surface area (TPSA) is 50.5 Å². The van der Waals surface area contributed by atoms with Crippen LogP contribution < -0.4 is 4.31 Å². The zero-order chi connectivity index (χ0) is 20.6. The molecule has 0 bridgehead atoms. The summed E-state index contributed by atoms with van der Waals surface area (Å²) in [6.07, 6.45) is 0. The minimum Gasteiger partial charge on any atom is -0.456 e. The zero-order valence-electron chi connectivity index (χ0n) is 16.6. The summed E-state index contributed by atoms with van der Waals surface area (Å²) in [5.41, 5.74) is 5.37. The maximum absolute atomic E-state index is 13.6. The smallest absolute Gasteiger partial charge is 0.264 e. The predicted molar refractivity (Wildman–Crippen MR) is 121 cm³/mol. The SMILES string of the molecule is Cc1ccc(S(=O)(=O)N2Cc3cc4oc5ccccc5c4c4ccc(C)c2c34)cc1. The van der Waals surface area contributed by atoms with Crippen molar-refractivity contribution < 1.29 is 12.8 Å². The number of benzene rings is 4. The Morgan fingerprint density at radius 1 is 0.833 bits per heavy atom. The highest BCUT2D eigenvalue weighted by molar-refractivity contribution is 7.92. The Hall–Kier alpha value is -3.31. The summed E-state index contributed by atoms with van der Waals surface area (Å²) in [5.74, 6) is 0. The Balaban J connectivity index is 1.67. The van der Waals surface area contributed by atoms with Gasteiger partial charge in [0.25, 0.3) is 10.0 Å². The molecule has 0 amide bonds. The van der Waals surface area contributed by atoms with Crippen molar-refractivity contribution in [2.24, 2.45) is 0 Å². The number of hydrogen-bond donors (Lipinski definition) is 0. The van der Waals surface area contributed by atoms with Gasteiger partial charge in [0.15, 0.2) is 0 Å². The molecule has 1 aromatic heterocycles. The highest BCUT2D eigenvalue weighted by atomic mass is 32.2. The van der Waals surface area contributed by atoms with E-state index in [1.807, 2.05) is 56.3 Å². The van der Waals surface area contributed by atoms with Gasteiger partial charge in [-0.05, 0) is 54.6 Å². The van der Waals surface area contributed by atoms with Gasteiger partial charge in [0.05, 0.1) is 17.1 Å². The predicted octanol–water partition coefficient (Wildman–Crippen LogP) is 6.06. The van der Waals surface area contributed by atoms with Crippen molar-refractivity contribution in [2.75, 3.05) is 4.31 Å². The molecular weight excluding hydrogens is 394 g/mol. The molecule has 0 aliphatic carbocycles. The number of hydrogen-bond acceptors (Lipinski definition) is 3. The van der Waals surface area contributed by atoms with Crippen LogP contribution in [0, 0.1) is 13.8 Å². The summed E-state index contributed by atoms with van der Waals surface area (Å²) in [5, 5.41) is 4.13. The molecule has 30 heavy (non-hydrogen) atoms. The third-order valence-corrected chi connectivity index (χ3v) is 7.83. The normalized spacial score (nSPS) is 13.7. The lowest BCUT2D eigenvalue weighted by Crippen LogP contribution is -2.28. The number of furan rings is 1. The average Bonchev–Trinajstić information content (AvgIpc) is 3.30. The Kier molecular flexibility index (Phi) is 3.43. The van der Waals surface area contributed by atoms with Crippen molar-refractivity contribution in [3.63, 3.8) is 0 Å². The zero-order valence-corrected chi connectivity index (χ0v) is 17.5. The number of para-hydroxylation sites is 1. The van der Waals surface area contributed by atoms with Gasteiger partial charge in [0.2, 0.25) is 0 Å². The van der Waals surface area contributed by atoms with Gasteiger partial charge in [-0.1, -0.05) is 48.0 Å². The van der Waals surface area contributed by atoms with Gasteiger partial charge in [-0.15, -0.1) is 0 Å². The van der Waals surface area contributed by atoms with E-state index in [9.17, 15) is 8.42 Å². The lowest BCUT2D eigenvalue weighted by atomic mass is 9.98. The maximum atomic E-state index is 13.6. The fourth-order valence-electron chi connectivity index (χ4n) is 4.63. The van der Waals surface area contributed by atoms with Crippen LogP contribution in [0.4, 0.5) is 5.69 Å². The molecule has 5 heteroatoms. The number of sulfonamides is 1. The lowest BCUT2D eigenvalue weighted by molar-refractivity contribution is 0.591. The van der Waals surface area contributed by atoms with E-state index < -0.39 is 10.0 Å². The quantitative estimate of drug-likeness (QED) is 0.353. The van der Waals surface area contributed by atoms with Crippen LogP contribution in [0.15, 0.2) is 76.0 Å². The van der Waals surface area contributed by atoms with Gasteiger partial charge in [0, 0.05) is 16.2 Å². The second-order valence-corrected chi connectivity index (χ2v) is 9.85. The second kappa shape index (κ2) is 5.86. The van der Waals surface area contributed by atoms with E-state index in [-0.39, 0.29) is 0 Å². The van der Waals surface area contributed by atoms with Crippen LogP contribution in [0.2, 0.25) is 0 Å². The third-order valence-electron chi connectivity index (χ3n) is 6.07. The molecule has 1 aliphatic heterocycles. The Labute approximate surface area is 174 Å². The lowest BCUT2D eigenvalue weighted by Gasteiger charge is -2.21. The summed E-state index contributed by atoms with van der Waals surface area (Å²) in [6, 6.07) is 21.1. The number of rotatable bonds is 2. The number of anilines is 1. The number of aryl methyl sites for hydroxylation is 2. The number of nitrogens with zero attached hydrogens (tertiary/aromatic N) is 1. The van der Waals surface area contributed by atoms with Crippen molar-refractivity contribution in [3.8, 4) is 0 Å². The van der Waals surface area contributed by atoms with E-state index >= 15 is 0 Å². The highest BCUT2D eigenvalue weighted by Gasteiger charge is 2.34. The van der Waals surface area contributed by atoms with Crippen molar-refractivity contribution in [1.82, 2.24) is 0 Å². The van der Waals surface area contributed by atoms with Gasteiger partial charge in [-0.3, -0.25) is 4.31 Å². The van der Waals surface area contributed by atoms with Gasteiger partial charge < -0.3 is 4.42 Å². The van der Waals surface area contributed by atoms with Gasteiger partial charge >= 0.3 is 0 Å². The van der Waals surface area contributed by atoms with E-state index in [1.54, 1.807) is 16.4 Å². The molecule has 1 aliphatic rings. The molecule has 4 aromatic carbocycles. The summed E-state index contributed by atoms with van der Waals surface area (Å²) >= 11 is 0. The fourth-order valence-corrected chi connectivity index (χ4v) is 6.14. The Morgan fingerprint density at radius 3 is 2.40 bits per heavy atom. The molecule has 0 fully saturated rings. The molecule has 6 rings (SSSR count). The van der Waals surface area contributed by atoms with Crippen LogP contribution in [0.1, 0.15) is 16.7 Å². The van der Waals surface area contributed by atoms with Crippen LogP contribution >= 0.6 is 0 Å². The van der Waals surface area contributed by atoms with Gasteiger partial charge in [-0.25, -0.2) is 8.42 Å². The van der Waals surface area contributed by atoms with Crippen molar-refractivity contribution in [3.05, 3.63) is 83.4 Å². The molecule has 4 nitrogen and oxygen atoms in total. The molecule has 0 radical (unpaired) electrons. The highest BCUT2D eigenvalue weighted by Crippen LogP contribution is 2.47. The first-order valence-electron chi connectivity index (χ1n) is 9.91. The first-order chi connectivity index (χ1) is 14.4. The van der Waals surface area contributed by atoms with Crippen LogP contribution in [0.3, 0.4) is 0 Å². The Bertz CT molecular complexity index is 1600. The van der Waals surface area contributed by atoms with Gasteiger partial charge in [-0.2, -0.15) is 0 Å². The van der Waals surface area contributed by atoms with E-state index in [4.69, 9.17) is 4.42 Å².